The van der Waals surface area contributed by atoms with Crippen LogP contribution >= 0.6 is 0 Å². The largest absolute Gasteiger partial charge is 0.307 e. The predicted molar refractivity (Wildman–Crippen MR) is 130 cm³/mol. The summed E-state index contributed by atoms with van der Waals surface area (Å²) in [5.74, 6) is 0. The molecule has 1 fully saturated rings. The van der Waals surface area contributed by atoms with Crippen LogP contribution in [0.3, 0.4) is 0 Å². The van der Waals surface area contributed by atoms with E-state index < -0.39 is 4.92 Å². The SMILES string of the molecule is CC1(C)CC(N=Cc2c(-c3ccccc3)[nH]n(-c3ccc([N+](=O)[O-])cc3)c2=O)CC(C)(C)N1. The molecule has 0 radical (unpaired) electrons. The fourth-order valence-corrected chi connectivity index (χ4v) is 4.85. The van der Waals surface area contributed by atoms with Gasteiger partial charge >= 0.3 is 0 Å². The summed E-state index contributed by atoms with van der Waals surface area (Å²) in [7, 11) is 0. The van der Waals surface area contributed by atoms with E-state index in [1.54, 1.807) is 18.3 Å². The molecule has 0 aliphatic carbocycles. The molecule has 8 heteroatoms. The summed E-state index contributed by atoms with van der Waals surface area (Å²) < 4.78 is 1.41. The Hall–Kier alpha value is -3.52. The highest BCUT2D eigenvalue weighted by atomic mass is 16.6. The minimum atomic E-state index is -0.462. The molecule has 2 N–H and O–H groups in total. The van der Waals surface area contributed by atoms with Crippen LogP contribution in [0.25, 0.3) is 16.9 Å². The number of rotatable bonds is 5. The van der Waals surface area contributed by atoms with Crippen molar-refractivity contribution in [2.24, 2.45) is 4.99 Å². The van der Waals surface area contributed by atoms with E-state index >= 15 is 0 Å². The summed E-state index contributed by atoms with van der Waals surface area (Å²) in [6, 6.07) is 15.6. The van der Waals surface area contributed by atoms with Crippen LogP contribution in [0.1, 0.15) is 46.1 Å². The monoisotopic (exact) mass is 447 g/mol. The number of nitrogens with zero attached hydrogens (tertiary/aromatic N) is 3. The zero-order chi connectivity index (χ0) is 23.8. The van der Waals surface area contributed by atoms with Gasteiger partial charge in [0.05, 0.1) is 27.9 Å². The number of benzene rings is 2. The smallest absolute Gasteiger partial charge is 0.280 e. The van der Waals surface area contributed by atoms with Crippen molar-refractivity contribution < 1.29 is 4.92 Å². The van der Waals surface area contributed by atoms with Gasteiger partial charge < -0.3 is 5.32 Å². The van der Waals surface area contributed by atoms with E-state index in [4.69, 9.17) is 4.99 Å². The number of hydrogen-bond acceptors (Lipinski definition) is 5. The number of nitro groups is 1. The Morgan fingerprint density at radius 2 is 1.64 bits per heavy atom. The van der Waals surface area contributed by atoms with Crippen molar-refractivity contribution >= 4 is 11.9 Å². The minimum Gasteiger partial charge on any atom is -0.307 e. The first-order valence-electron chi connectivity index (χ1n) is 11.0. The van der Waals surface area contributed by atoms with Crippen LogP contribution < -0.4 is 10.9 Å². The Balaban J connectivity index is 1.76. The Morgan fingerprint density at radius 3 is 2.21 bits per heavy atom. The second-order valence-electron chi connectivity index (χ2n) is 9.91. The van der Waals surface area contributed by atoms with Gasteiger partial charge in [0.15, 0.2) is 0 Å². The molecule has 1 aliphatic rings. The lowest BCUT2D eigenvalue weighted by Crippen LogP contribution is -2.58. The highest BCUT2D eigenvalue weighted by Gasteiger charge is 2.37. The standard InChI is InChI=1S/C25H29N5O3/c1-24(2)14-18(15-25(3,4)28-24)26-16-21-22(17-8-6-5-7-9-17)27-29(23(21)31)19-10-12-20(13-11-19)30(32)33/h5-13,16,18,27-28H,14-15H2,1-4H3. The molecule has 3 aromatic rings. The minimum absolute atomic E-state index is 0.0282. The van der Waals surface area contributed by atoms with Crippen molar-refractivity contribution in [3.8, 4) is 16.9 Å². The molecule has 8 nitrogen and oxygen atoms in total. The lowest BCUT2D eigenvalue weighted by Gasteiger charge is -2.45. The molecule has 0 amide bonds. The number of H-pyrrole nitrogens is 1. The van der Waals surface area contributed by atoms with E-state index in [0.29, 0.717) is 16.9 Å². The third-order valence-corrected chi connectivity index (χ3v) is 5.89. The highest BCUT2D eigenvalue weighted by molar-refractivity contribution is 5.88. The fourth-order valence-electron chi connectivity index (χ4n) is 4.85. The zero-order valence-electron chi connectivity index (χ0n) is 19.3. The summed E-state index contributed by atoms with van der Waals surface area (Å²) in [6.45, 7) is 8.68. The molecule has 1 saturated heterocycles. The number of aromatic nitrogens is 2. The molecule has 0 unspecified atom stereocenters. The number of piperidine rings is 1. The van der Waals surface area contributed by atoms with Gasteiger partial charge in [-0.1, -0.05) is 30.3 Å². The molecular formula is C25H29N5O3. The van der Waals surface area contributed by atoms with Gasteiger partial charge in [0, 0.05) is 35.0 Å². The lowest BCUT2D eigenvalue weighted by atomic mass is 9.80. The van der Waals surface area contributed by atoms with Gasteiger partial charge in [-0.2, -0.15) is 0 Å². The zero-order valence-corrected chi connectivity index (χ0v) is 19.3. The first kappa shape index (κ1) is 22.7. The Morgan fingerprint density at radius 1 is 1.03 bits per heavy atom. The van der Waals surface area contributed by atoms with Gasteiger partial charge in [-0.15, -0.1) is 0 Å². The van der Waals surface area contributed by atoms with Gasteiger partial charge in [0.2, 0.25) is 0 Å². The van der Waals surface area contributed by atoms with E-state index in [1.807, 2.05) is 30.3 Å². The summed E-state index contributed by atoms with van der Waals surface area (Å²) >= 11 is 0. The van der Waals surface area contributed by atoms with Crippen molar-refractivity contribution in [1.29, 1.82) is 0 Å². The summed E-state index contributed by atoms with van der Waals surface area (Å²) in [4.78, 5) is 28.8. The van der Waals surface area contributed by atoms with E-state index in [1.165, 1.54) is 16.8 Å². The van der Waals surface area contributed by atoms with Crippen molar-refractivity contribution in [2.75, 3.05) is 0 Å². The molecule has 0 atom stereocenters. The van der Waals surface area contributed by atoms with Gasteiger partial charge in [-0.05, 0) is 52.7 Å². The number of hydrogen-bond donors (Lipinski definition) is 2. The average molecular weight is 448 g/mol. The first-order chi connectivity index (χ1) is 15.5. The number of nitrogens with one attached hydrogen (secondary N) is 2. The van der Waals surface area contributed by atoms with Crippen LogP contribution in [-0.4, -0.2) is 38.0 Å². The van der Waals surface area contributed by atoms with Crippen molar-refractivity contribution in [3.63, 3.8) is 0 Å². The quantitative estimate of drug-likeness (QED) is 0.342. The van der Waals surface area contributed by atoms with Crippen molar-refractivity contribution in [2.45, 2.75) is 57.7 Å². The number of aromatic amines is 1. The molecule has 4 rings (SSSR count). The number of aliphatic imine (C=N–C) groups is 1. The van der Waals surface area contributed by atoms with E-state index in [-0.39, 0.29) is 28.4 Å². The normalized spacial score (nSPS) is 17.9. The second-order valence-corrected chi connectivity index (χ2v) is 9.91. The molecule has 33 heavy (non-hydrogen) atoms. The molecule has 0 spiro atoms. The van der Waals surface area contributed by atoms with Crippen LogP contribution in [0.4, 0.5) is 5.69 Å². The number of non-ortho nitro benzene ring substituents is 1. The van der Waals surface area contributed by atoms with Gasteiger partial charge in [0.25, 0.3) is 11.2 Å². The Bertz CT molecular complexity index is 1220. The van der Waals surface area contributed by atoms with Crippen LogP contribution in [0.5, 0.6) is 0 Å². The lowest BCUT2D eigenvalue weighted by molar-refractivity contribution is -0.384. The first-order valence-corrected chi connectivity index (χ1v) is 11.0. The van der Waals surface area contributed by atoms with Crippen molar-refractivity contribution in [1.82, 2.24) is 15.1 Å². The van der Waals surface area contributed by atoms with Crippen LogP contribution in [-0.2, 0) is 0 Å². The summed E-state index contributed by atoms with van der Waals surface area (Å²) in [5.41, 5.74) is 2.13. The van der Waals surface area contributed by atoms with Crippen LogP contribution in [0, 0.1) is 10.1 Å². The van der Waals surface area contributed by atoms with Gasteiger partial charge in [-0.25, -0.2) is 4.68 Å². The van der Waals surface area contributed by atoms with E-state index in [2.05, 4.69) is 38.1 Å². The molecule has 1 aromatic heterocycles. The molecule has 1 aliphatic heterocycles. The third kappa shape index (κ3) is 4.96. The van der Waals surface area contributed by atoms with Crippen LogP contribution in [0.15, 0.2) is 64.4 Å². The molecule has 2 heterocycles. The summed E-state index contributed by atoms with van der Waals surface area (Å²) in [5, 5.41) is 17.8. The fraction of sp³-hybridized carbons (Fsp3) is 0.360. The van der Waals surface area contributed by atoms with E-state index in [0.717, 1.165) is 18.4 Å². The summed E-state index contributed by atoms with van der Waals surface area (Å²) in [6.07, 6.45) is 3.42. The highest BCUT2D eigenvalue weighted by Crippen LogP contribution is 2.30. The van der Waals surface area contributed by atoms with Crippen LogP contribution in [0.2, 0.25) is 0 Å². The number of nitro benzene ring substituents is 1. The third-order valence-electron chi connectivity index (χ3n) is 5.89. The maximum atomic E-state index is 13.4. The predicted octanol–water partition coefficient (Wildman–Crippen LogP) is 4.47. The Labute approximate surface area is 192 Å². The molecule has 0 saturated carbocycles. The van der Waals surface area contributed by atoms with Gasteiger partial charge in [-0.3, -0.25) is 25.0 Å². The van der Waals surface area contributed by atoms with Crippen molar-refractivity contribution in [3.05, 3.63) is 80.6 Å². The second kappa shape index (κ2) is 8.44. The maximum absolute atomic E-state index is 13.4. The average Bonchev–Trinajstić information content (AvgIpc) is 3.07. The van der Waals surface area contributed by atoms with E-state index in [9.17, 15) is 14.9 Å². The molecule has 172 valence electrons. The maximum Gasteiger partial charge on any atom is 0.280 e. The molecular weight excluding hydrogens is 418 g/mol. The van der Waals surface area contributed by atoms with Gasteiger partial charge in [0.1, 0.15) is 0 Å². The Kier molecular flexibility index (Phi) is 5.80. The molecule has 2 aromatic carbocycles. The molecule has 0 bridgehead atoms. The topological polar surface area (TPSA) is 105 Å².